The average Bonchev–Trinajstić information content (AvgIpc) is 1.89. The van der Waals surface area contributed by atoms with E-state index >= 15 is 0 Å². The quantitative estimate of drug-likeness (QED) is 0.468. The molecular formula is C8H12GeO. The van der Waals surface area contributed by atoms with Gasteiger partial charge >= 0.3 is 17.6 Å². The van der Waals surface area contributed by atoms with Crippen LogP contribution < -0.4 is 0 Å². The van der Waals surface area contributed by atoms with E-state index in [1.54, 1.807) is 0 Å². The van der Waals surface area contributed by atoms with E-state index in [0.717, 1.165) is 17.4 Å². The first-order valence-electron chi connectivity index (χ1n) is 2.85. The molecule has 0 atom stereocenters. The van der Waals surface area contributed by atoms with Crippen molar-refractivity contribution in [1.29, 1.82) is 0 Å². The summed E-state index contributed by atoms with van der Waals surface area (Å²) in [4.78, 5) is 10.2. The Bertz CT molecular complexity index is 220. The van der Waals surface area contributed by atoms with E-state index in [9.17, 15) is 4.79 Å². The van der Waals surface area contributed by atoms with Crippen molar-refractivity contribution in [2.45, 2.75) is 6.92 Å². The Morgan fingerprint density at radius 2 is 1.90 bits per heavy atom. The predicted molar refractivity (Wildman–Crippen MR) is 47.9 cm³/mol. The fraction of sp³-hybridized carbons (Fsp3) is 0.125. The van der Waals surface area contributed by atoms with Gasteiger partial charge in [-0.05, 0) is 12.5 Å². The summed E-state index contributed by atoms with van der Waals surface area (Å²) in [7, 11) is 0. The maximum atomic E-state index is 10.2. The van der Waals surface area contributed by atoms with Crippen LogP contribution in [-0.4, -0.2) is 23.9 Å². The van der Waals surface area contributed by atoms with Crippen LogP contribution in [0.3, 0.4) is 0 Å². The molecule has 2 heteroatoms. The molecule has 0 unspecified atom stereocenters. The zero-order chi connectivity index (χ0) is 6.69. The van der Waals surface area contributed by atoms with E-state index in [4.69, 9.17) is 0 Å². The summed E-state index contributed by atoms with van der Waals surface area (Å²) in [5.41, 5.74) is 1.81. The molecule has 0 bridgehead atoms. The third kappa shape index (κ3) is 1.99. The molecule has 0 fully saturated rings. The number of carbonyl (C=O) groups excluding carboxylic acids is 1. The molecule has 1 rings (SSSR count). The van der Waals surface area contributed by atoms with Crippen molar-refractivity contribution < 1.29 is 4.79 Å². The second-order valence-electron chi connectivity index (χ2n) is 1.97. The topological polar surface area (TPSA) is 17.1 Å². The van der Waals surface area contributed by atoms with Gasteiger partial charge in [0, 0.05) is 5.56 Å². The first-order valence-corrected chi connectivity index (χ1v) is 2.85. The van der Waals surface area contributed by atoms with E-state index in [-0.39, 0.29) is 17.6 Å². The zero-order valence-corrected chi connectivity index (χ0v) is 5.29. The van der Waals surface area contributed by atoms with Crippen LogP contribution >= 0.6 is 0 Å². The van der Waals surface area contributed by atoms with Crippen LogP contribution in [0.25, 0.3) is 0 Å². The summed E-state index contributed by atoms with van der Waals surface area (Å²) in [5, 5.41) is 0. The zero-order valence-electron chi connectivity index (χ0n) is 5.29. The monoisotopic (exact) mass is 198 g/mol. The minimum absolute atomic E-state index is 0. The first-order chi connectivity index (χ1) is 4.34. The molecule has 0 spiro atoms. The Morgan fingerprint density at radius 1 is 1.30 bits per heavy atom. The second-order valence-corrected chi connectivity index (χ2v) is 1.97. The first kappa shape index (κ1) is 9.43. The Hall–Kier alpha value is -0.567. The van der Waals surface area contributed by atoms with Crippen molar-refractivity contribution in [2.75, 3.05) is 0 Å². The number of rotatable bonds is 1. The molecule has 0 saturated heterocycles. The molecule has 10 heavy (non-hydrogen) atoms. The molecule has 0 saturated carbocycles. The van der Waals surface area contributed by atoms with E-state index in [1.165, 1.54) is 0 Å². The number of hydrogen-bond acceptors (Lipinski definition) is 1. The molecule has 0 aromatic heterocycles. The molecule has 0 aliphatic carbocycles. The van der Waals surface area contributed by atoms with Crippen LogP contribution in [0.15, 0.2) is 24.3 Å². The molecular weight excluding hydrogens is 185 g/mol. The SMILES string of the molecule is Cc1ccccc1C=O.[GeH4]. The van der Waals surface area contributed by atoms with Crippen LogP contribution in [0.4, 0.5) is 0 Å². The van der Waals surface area contributed by atoms with E-state index < -0.39 is 0 Å². The van der Waals surface area contributed by atoms with Crippen LogP contribution in [0.1, 0.15) is 15.9 Å². The molecule has 0 aliphatic rings. The Kier molecular flexibility index (Phi) is 4.04. The number of aldehydes is 1. The number of aryl methyl sites for hydroxylation is 1. The van der Waals surface area contributed by atoms with Crippen molar-refractivity contribution in [2.24, 2.45) is 0 Å². The number of carbonyl (C=O) groups is 1. The molecule has 0 aliphatic heterocycles. The van der Waals surface area contributed by atoms with Crippen molar-refractivity contribution in [3.8, 4) is 0 Å². The number of hydrogen-bond donors (Lipinski definition) is 0. The fourth-order valence-corrected chi connectivity index (χ4v) is 0.719. The summed E-state index contributed by atoms with van der Waals surface area (Å²) in [6, 6.07) is 7.51. The standard InChI is InChI=1S/C8H8O.GeH4/c1-7-4-2-3-5-8(7)6-9;/h2-6H,1H3;1H4. The van der Waals surface area contributed by atoms with Gasteiger partial charge in [-0.1, -0.05) is 24.3 Å². The molecule has 1 aromatic carbocycles. The molecule has 0 heterocycles. The van der Waals surface area contributed by atoms with Gasteiger partial charge in [-0.3, -0.25) is 4.79 Å². The third-order valence-electron chi connectivity index (χ3n) is 1.32. The number of benzene rings is 1. The fourth-order valence-electron chi connectivity index (χ4n) is 0.719. The second kappa shape index (κ2) is 4.28. The van der Waals surface area contributed by atoms with Gasteiger partial charge in [0.25, 0.3) is 0 Å². The predicted octanol–water partition coefficient (Wildman–Crippen LogP) is 0.356. The van der Waals surface area contributed by atoms with Gasteiger partial charge in [0.05, 0.1) is 0 Å². The van der Waals surface area contributed by atoms with Gasteiger partial charge in [-0.25, -0.2) is 0 Å². The van der Waals surface area contributed by atoms with Crippen molar-refractivity contribution in [1.82, 2.24) is 0 Å². The van der Waals surface area contributed by atoms with Crippen molar-refractivity contribution >= 4 is 23.9 Å². The third-order valence-corrected chi connectivity index (χ3v) is 1.32. The maximum absolute atomic E-state index is 10.2. The van der Waals surface area contributed by atoms with Gasteiger partial charge in [0.1, 0.15) is 6.29 Å². The molecule has 0 radical (unpaired) electrons. The molecule has 1 aromatic rings. The molecule has 0 amide bonds. The summed E-state index contributed by atoms with van der Waals surface area (Å²) in [6.07, 6.45) is 0.870. The van der Waals surface area contributed by atoms with Crippen LogP contribution in [0, 0.1) is 6.92 Å². The van der Waals surface area contributed by atoms with Gasteiger partial charge in [-0.15, -0.1) is 0 Å². The average molecular weight is 197 g/mol. The van der Waals surface area contributed by atoms with Gasteiger partial charge in [-0.2, -0.15) is 0 Å². The normalized spacial score (nSPS) is 8.10. The van der Waals surface area contributed by atoms with Crippen LogP contribution in [0.5, 0.6) is 0 Å². The van der Waals surface area contributed by atoms with E-state index in [2.05, 4.69) is 0 Å². The van der Waals surface area contributed by atoms with Crippen LogP contribution in [-0.2, 0) is 0 Å². The summed E-state index contributed by atoms with van der Waals surface area (Å²) in [5.74, 6) is 0. The summed E-state index contributed by atoms with van der Waals surface area (Å²) in [6.45, 7) is 1.92. The van der Waals surface area contributed by atoms with E-state index in [0.29, 0.717) is 0 Å². The minimum atomic E-state index is 0. The molecule has 54 valence electrons. The van der Waals surface area contributed by atoms with Crippen LogP contribution in [0.2, 0.25) is 0 Å². The Morgan fingerprint density at radius 3 is 2.30 bits per heavy atom. The van der Waals surface area contributed by atoms with Crippen molar-refractivity contribution in [3.05, 3.63) is 35.4 Å². The molecule has 0 N–H and O–H groups in total. The van der Waals surface area contributed by atoms with E-state index in [1.807, 2.05) is 31.2 Å². The van der Waals surface area contributed by atoms with Gasteiger partial charge < -0.3 is 0 Å². The van der Waals surface area contributed by atoms with Gasteiger partial charge in [0.2, 0.25) is 0 Å². The summed E-state index contributed by atoms with van der Waals surface area (Å²) < 4.78 is 0. The van der Waals surface area contributed by atoms with Crippen molar-refractivity contribution in [3.63, 3.8) is 0 Å². The molecule has 1 nitrogen and oxygen atoms in total. The van der Waals surface area contributed by atoms with Gasteiger partial charge in [0.15, 0.2) is 0 Å². The summed E-state index contributed by atoms with van der Waals surface area (Å²) >= 11 is 0. The Labute approximate surface area is 71.4 Å². The Balaban J connectivity index is 0.000000810.